The van der Waals surface area contributed by atoms with Crippen molar-refractivity contribution in [1.29, 1.82) is 0 Å². The Morgan fingerprint density at radius 1 is 1.39 bits per heavy atom. The lowest BCUT2D eigenvalue weighted by Gasteiger charge is -1.96. The molecule has 0 amide bonds. The van der Waals surface area contributed by atoms with E-state index in [4.69, 9.17) is 0 Å². The number of nitrogens with one attached hydrogen (secondary N) is 2. The van der Waals surface area contributed by atoms with Crippen molar-refractivity contribution < 1.29 is 0 Å². The zero-order valence-electron chi connectivity index (χ0n) is 10.3. The third-order valence-corrected chi connectivity index (χ3v) is 3.81. The van der Waals surface area contributed by atoms with Crippen molar-refractivity contribution in [2.75, 3.05) is 7.05 Å². The van der Waals surface area contributed by atoms with Crippen molar-refractivity contribution in [2.45, 2.75) is 13.5 Å². The molecule has 0 spiro atoms. The molecule has 2 N–H and O–H groups in total. The van der Waals surface area contributed by atoms with Crippen LogP contribution < -0.4 is 5.32 Å². The minimum absolute atomic E-state index is 0.816. The van der Waals surface area contributed by atoms with Gasteiger partial charge in [-0.15, -0.1) is 11.3 Å². The topological polar surface area (TPSA) is 53.6 Å². The monoisotopic (exact) mass is 258 g/mol. The molecule has 0 atom stereocenters. The number of H-pyrrole nitrogens is 1. The lowest BCUT2D eigenvalue weighted by atomic mass is 10.2. The number of hydrogen-bond donors (Lipinski definition) is 2. The van der Waals surface area contributed by atoms with E-state index in [2.05, 4.69) is 32.4 Å². The van der Waals surface area contributed by atoms with Crippen LogP contribution in [0.15, 0.2) is 24.4 Å². The van der Waals surface area contributed by atoms with E-state index < -0.39 is 0 Å². The maximum atomic E-state index is 4.40. The van der Waals surface area contributed by atoms with E-state index in [1.165, 1.54) is 10.4 Å². The summed E-state index contributed by atoms with van der Waals surface area (Å²) in [6.07, 6.45) is 1.93. The van der Waals surface area contributed by atoms with Gasteiger partial charge in [-0.05, 0) is 31.7 Å². The van der Waals surface area contributed by atoms with Crippen LogP contribution >= 0.6 is 11.3 Å². The van der Waals surface area contributed by atoms with E-state index in [1.54, 1.807) is 11.3 Å². The van der Waals surface area contributed by atoms with Gasteiger partial charge in [-0.2, -0.15) is 0 Å². The maximum absolute atomic E-state index is 4.40. The SMILES string of the molecule is CNCc1ncc(-c2ccc3nc(C)[nH]c3c2)s1. The summed E-state index contributed by atoms with van der Waals surface area (Å²) < 4.78 is 0. The zero-order chi connectivity index (χ0) is 12.5. The predicted molar refractivity (Wildman–Crippen MR) is 74.7 cm³/mol. The second kappa shape index (κ2) is 4.51. The van der Waals surface area contributed by atoms with E-state index in [1.807, 2.05) is 26.2 Å². The molecule has 3 aromatic rings. The highest BCUT2D eigenvalue weighted by atomic mass is 32.1. The Labute approximate surface area is 109 Å². The summed E-state index contributed by atoms with van der Waals surface area (Å²) in [4.78, 5) is 13.3. The van der Waals surface area contributed by atoms with Crippen LogP contribution in [0.5, 0.6) is 0 Å². The Hall–Kier alpha value is -1.72. The van der Waals surface area contributed by atoms with E-state index in [0.717, 1.165) is 28.4 Å². The summed E-state index contributed by atoms with van der Waals surface area (Å²) in [5.41, 5.74) is 3.27. The first kappa shape index (κ1) is 11.4. The summed E-state index contributed by atoms with van der Waals surface area (Å²) >= 11 is 1.72. The van der Waals surface area contributed by atoms with Gasteiger partial charge < -0.3 is 10.3 Å². The Morgan fingerprint density at radius 2 is 2.28 bits per heavy atom. The van der Waals surface area contributed by atoms with E-state index >= 15 is 0 Å². The Bertz CT molecular complexity index is 683. The summed E-state index contributed by atoms with van der Waals surface area (Å²) in [5, 5.41) is 4.22. The fraction of sp³-hybridized carbons (Fsp3) is 0.231. The first-order chi connectivity index (χ1) is 8.76. The first-order valence-electron chi connectivity index (χ1n) is 5.82. The molecule has 0 saturated heterocycles. The molecular weight excluding hydrogens is 244 g/mol. The number of thiazole rings is 1. The van der Waals surface area contributed by atoms with Crippen molar-refractivity contribution in [3.63, 3.8) is 0 Å². The van der Waals surface area contributed by atoms with Crippen LogP contribution in [0.1, 0.15) is 10.8 Å². The number of aryl methyl sites for hydroxylation is 1. The van der Waals surface area contributed by atoms with Crippen LogP contribution in [0.25, 0.3) is 21.5 Å². The van der Waals surface area contributed by atoms with E-state index in [-0.39, 0.29) is 0 Å². The van der Waals surface area contributed by atoms with Gasteiger partial charge in [-0.3, -0.25) is 0 Å². The minimum atomic E-state index is 0.816. The normalized spacial score (nSPS) is 11.2. The fourth-order valence-electron chi connectivity index (χ4n) is 1.97. The molecule has 0 fully saturated rings. The smallest absolute Gasteiger partial charge is 0.107 e. The molecule has 0 radical (unpaired) electrons. The molecular formula is C13H14N4S. The molecule has 0 saturated carbocycles. The van der Waals surface area contributed by atoms with Crippen LogP contribution in [0.3, 0.4) is 0 Å². The van der Waals surface area contributed by atoms with Crippen LogP contribution in [-0.4, -0.2) is 22.0 Å². The number of aromatic nitrogens is 3. The average Bonchev–Trinajstić information content (AvgIpc) is 2.93. The van der Waals surface area contributed by atoms with Gasteiger partial charge in [-0.1, -0.05) is 6.07 Å². The van der Waals surface area contributed by atoms with Crippen LogP contribution in [0.4, 0.5) is 0 Å². The van der Waals surface area contributed by atoms with Gasteiger partial charge in [0.2, 0.25) is 0 Å². The Balaban J connectivity index is 2.01. The van der Waals surface area contributed by atoms with Crippen molar-refractivity contribution in [3.8, 4) is 10.4 Å². The molecule has 0 bridgehead atoms. The van der Waals surface area contributed by atoms with Gasteiger partial charge in [0.15, 0.2) is 0 Å². The number of rotatable bonds is 3. The van der Waals surface area contributed by atoms with Crippen LogP contribution in [-0.2, 0) is 6.54 Å². The van der Waals surface area contributed by atoms with Gasteiger partial charge in [-0.25, -0.2) is 9.97 Å². The highest BCUT2D eigenvalue weighted by Crippen LogP contribution is 2.28. The van der Waals surface area contributed by atoms with Crippen molar-refractivity contribution in [2.24, 2.45) is 0 Å². The molecule has 0 aliphatic heterocycles. The second-order valence-corrected chi connectivity index (χ2v) is 5.32. The molecule has 2 heterocycles. The number of benzene rings is 1. The molecule has 18 heavy (non-hydrogen) atoms. The fourth-order valence-corrected chi connectivity index (χ4v) is 2.89. The first-order valence-corrected chi connectivity index (χ1v) is 6.64. The minimum Gasteiger partial charge on any atom is -0.342 e. The number of nitrogens with zero attached hydrogens (tertiary/aromatic N) is 2. The number of aromatic amines is 1. The lowest BCUT2D eigenvalue weighted by Crippen LogP contribution is -2.03. The number of imidazole rings is 1. The quantitative estimate of drug-likeness (QED) is 0.759. The number of fused-ring (bicyclic) bond motifs is 1. The second-order valence-electron chi connectivity index (χ2n) is 4.20. The summed E-state index contributed by atoms with van der Waals surface area (Å²) in [7, 11) is 1.93. The van der Waals surface area contributed by atoms with Crippen molar-refractivity contribution >= 4 is 22.4 Å². The molecule has 3 rings (SSSR count). The van der Waals surface area contributed by atoms with Gasteiger partial charge in [0, 0.05) is 12.7 Å². The Kier molecular flexibility index (Phi) is 2.85. The predicted octanol–water partition coefficient (Wildman–Crippen LogP) is 2.71. The van der Waals surface area contributed by atoms with Gasteiger partial charge >= 0.3 is 0 Å². The molecule has 2 aromatic heterocycles. The molecule has 0 unspecified atom stereocenters. The zero-order valence-corrected chi connectivity index (χ0v) is 11.1. The summed E-state index contributed by atoms with van der Waals surface area (Å²) in [5.74, 6) is 0.947. The molecule has 92 valence electrons. The van der Waals surface area contributed by atoms with E-state index in [0.29, 0.717) is 0 Å². The van der Waals surface area contributed by atoms with Crippen LogP contribution in [0.2, 0.25) is 0 Å². The summed E-state index contributed by atoms with van der Waals surface area (Å²) in [6.45, 7) is 2.79. The maximum Gasteiger partial charge on any atom is 0.107 e. The Morgan fingerprint density at radius 3 is 3.11 bits per heavy atom. The molecule has 0 aliphatic carbocycles. The third kappa shape index (κ3) is 2.02. The highest BCUT2D eigenvalue weighted by molar-refractivity contribution is 7.15. The van der Waals surface area contributed by atoms with Gasteiger partial charge in [0.1, 0.15) is 10.8 Å². The lowest BCUT2D eigenvalue weighted by molar-refractivity contribution is 0.810. The summed E-state index contributed by atoms with van der Waals surface area (Å²) in [6, 6.07) is 6.27. The molecule has 5 heteroatoms. The molecule has 4 nitrogen and oxygen atoms in total. The van der Waals surface area contributed by atoms with Crippen molar-refractivity contribution in [3.05, 3.63) is 35.2 Å². The van der Waals surface area contributed by atoms with Gasteiger partial charge in [0.05, 0.1) is 15.9 Å². The largest absolute Gasteiger partial charge is 0.342 e. The van der Waals surface area contributed by atoms with E-state index in [9.17, 15) is 0 Å². The third-order valence-electron chi connectivity index (χ3n) is 2.77. The number of hydrogen-bond acceptors (Lipinski definition) is 4. The van der Waals surface area contributed by atoms with Crippen LogP contribution in [0, 0.1) is 6.92 Å². The van der Waals surface area contributed by atoms with Crippen molar-refractivity contribution in [1.82, 2.24) is 20.3 Å². The molecule has 1 aromatic carbocycles. The molecule has 0 aliphatic rings. The highest BCUT2D eigenvalue weighted by Gasteiger charge is 2.06. The average molecular weight is 258 g/mol. The standard InChI is InChI=1S/C13H14N4S/c1-8-16-10-4-3-9(5-11(10)17-8)12-6-15-13(18-12)7-14-2/h3-6,14H,7H2,1-2H3,(H,16,17). The van der Waals surface area contributed by atoms with Gasteiger partial charge in [0.25, 0.3) is 0 Å².